The predicted molar refractivity (Wildman–Crippen MR) is 58.8 cm³/mol. The highest BCUT2D eigenvalue weighted by molar-refractivity contribution is 9.10. The largest absolute Gasteiger partial charge is 0.311 e. The number of imidazole rings is 1. The average molecular weight is 265 g/mol. The summed E-state index contributed by atoms with van der Waals surface area (Å²) in [7, 11) is 0. The molecule has 0 aliphatic carbocycles. The van der Waals surface area contributed by atoms with Crippen molar-refractivity contribution in [2.45, 2.75) is 0 Å². The minimum absolute atomic E-state index is 0.226. The molecule has 3 aromatic rings. The van der Waals surface area contributed by atoms with Gasteiger partial charge >= 0.3 is 0 Å². The maximum Gasteiger partial charge on any atom is 0.278 e. The predicted octanol–water partition coefficient (Wildman–Crippen LogP) is 1.33. The summed E-state index contributed by atoms with van der Waals surface area (Å²) in [6.07, 6.45) is 3.20. The molecule has 0 atom stereocenters. The number of nitrogens with zero attached hydrogens (tertiary/aromatic N) is 3. The van der Waals surface area contributed by atoms with E-state index in [1.165, 1.54) is 6.33 Å². The Labute approximate surface area is 91.9 Å². The zero-order valence-electron chi connectivity index (χ0n) is 7.44. The van der Waals surface area contributed by atoms with Gasteiger partial charge in [-0.1, -0.05) is 0 Å². The Morgan fingerprint density at radius 3 is 3.13 bits per heavy atom. The number of hydrogen-bond donors (Lipinski definition) is 1. The molecule has 0 aliphatic rings. The number of hydrogen-bond acceptors (Lipinski definition) is 3. The van der Waals surface area contributed by atoms with Crippen LogP contribution in [0, 0.1) is 0 Å². The SMILES string of the molecule is O=c1[nH]cnc2c1nc1c(Br)cccn12. The molecular weight excluding hydrogens is 260 g/mol. The molecule has 3 rings (SSSR count). The molecule has 74 valence electrons. The summed E-state index contributed by atoms with van der Waals surface area (Å²) in [5.41, 5.74) is 1.38. The molecule has 0 unspecified atom stereocenters. The van der Waals surface area contributed by atoms with Crippen LogP contribution < -0.4 is 5.56 Å². The van der Waals surface area contributed by atoms with Crippen molar-refractivity contribution in [1.29, 1.82) is 0 Å². The van der Waals surface area contributed by atoms with Crippen LogP contribution in [0.4, 0.5) is 0 Å². The summed E-state index contributed by atoms with van der Waals surface area (Å²) < 4.78 is 2.61. The third-order valence-corrected chi connectivity index (χ3v) is 2.79. The first-order valence-electron chi connectivity index (χ1n) is 4.27. The van der Waals surface area contributed by atoms with E-state index in [9.17, 15) is 4.79 Å². The van der Waals surface area contributed by atoms with E-state index in [1.54, 1.807) is 4.40 Å². The normalized spacial score (nSPS) is 11.3. The summed E-state index contributed by atoms with van der Waals surface area (Å²) in [6.45, 7) is 0. The van der Waals surface area contributed by atoms with Crippen LogP contribution in [0.25, 0.3) is 16.8 Å². The topological polar surface area (TPSA) is 63.0 Å². The van der Waals surface area contributed by atoms with Crippen molar-refractivity contribution in [3.63, 3.8) is 0 Å². The maximum atomic E-state index is 11.5. The quantitative estimate of drug-likeness (QED) is 0.667. The van der Waals surface area contributed by atoms with Crippen molar-refractivity contribution >= 4 is 32.7 Å². The molecule has 0 aromatic carbocycles. The molecule has 6 heteroatoms. The molecular formula is C9H5BrN4O. The Bertz CT molecular complexity index is 715. The second kappa shape index (κ2) is 2.90. The number of aromatic nitrogens is 4. The third-order valence-electron chi connectivity index (χ3n) is 2.17. The van der Waals surface area contributed by atoms with Crippen LogP contribution >= 0.6 is 15.9 Å². The molecule has 1 N–H and O–H groups in total. The number of pyridine rings is 1. The van der Waals surface area contributed by atoms with Gasteiger partial charge < -0.3 is 4.98 Å². The van der Waals surface area contributed by atoms with Gasteiger partial charge in [0, 0.05) is 6.20 Å². The number of halogens is 1. The van der Waals surface area contributed by atoms with E-state index in [-0.39, 0.29) is 5.56 Å². The Balaban J connectivity index is 2.69. The van der Waals surface area contributed by atoms with Crippen LogP contribution in [-0.4, -0.2) is 19.4 Å². The molecule has 0 saturated carbocycles. The lowest BCUT2D eigenvalue weighted by molar-refractivity contribution is 1.12. The Hall–Kier alpha value is -1.69. The van der Waals surface area contributed by atoms with Gasteiger partial charge in [-0.05, 0) is 28.1 Å². The van der Waals surface area contributed by atoms with Crippen molar-refractivity contribution in [3.8, 4) is 0 Å². The maximum absolute atomic E-state index is 11.5. The standard InChI is InChI=1S/C9H5BrN4O/c10-5-2-1-3-14-7(5)13-6-8(14)11-4-12-9(6)15/h1-4H,(H,11,12,15). The molecule has 15 heavy (non-hydrogen) atoms. The van der Waals surface area contributed by atoms with Crippen LogP contribution in [-0.2, 0) is 0 Å². The lowest BCUT2D eigenvalue weighted by Gasteiger charge is -1.94. The van der Waals surface area contributed by atoms with Crippen LogP contribution in [0.15, 0.2) is 33.9 Å². The fraction of sp³-hybridized carbons (Fsp3) is 0. The van der Waals surface area contributed by atoms with Gasteiger partial charge in [0.2, 0.25) is 0 Å². The van der Waals surface area contributed by atoms with Gasteiger partial charge in [-0.15, -0.1) is 0 Å². The zero-order chi connectivity index (χ0) is 10.4. The number of aromatic amines is 1. The van der Waals surface area contributed by atoms with Crippen LogP contribution in [0.1, 0.15) is 0 Å². The number of fused-ring (bicyclic) bond motifs is 3. The van der Waals surface area contributed by atoms with E-state index in [4.69, 9.17) is 0 Å². The molecule has 3 aromatic heterocycles. The van der Waals surface area contributed by atoms with Gasteiger partial charge in [0.15, 0.2) is 16.8 Å². The molecule has 0 amide bonds. The molecule has 0 aliphatic heterocycles. The number of H-pyrrole nitrogens is 1. The third kappa shape index (κ3) is 1.11. The minimum atomic E-state index is -0.226. The number of rotatable bonds is 0. The average Bonchev–Trinajstić information content (AvgIpc) is 2.60. The molecule has 0 spiro atoms. The zero-order valence-corrected chi connectivity index (χ0v) is 9.02. The van der Waals surface area contributed by atoms with Gasteiger partial charge in [-0.25, -0.2) is 9.97 Å². The molecule has 0 saturated heterocycles. The van der Waals surface area contributed by atoms with Gasteiger partial charge in [-0.2, -0.15) is 0 Å². The Morgan fingerprint density at radius 2 is 2.27 bits per heavy atom. The van der Waals surface area contributed by atoms with Gasteiger partial charge in [0.1, 0.15) is 0 Å². The van der Waals surface area contributed by atoms with Crippen molar-refractivity contribution in [3.05, 3.63) is 39.5 Å². The molecule has 0 bridgehead atoms. The monoisotopic (exact) mass is 264 g/mol. The van der Waals surface area contributed by atoms with E-state index in [2.05, 4.69) is 30.9 Å². The van der Waals surface area contributed by atoms with Crippen molar-refractivity contribution < 1.29 is 0 Å². The van der Waals surface area contributed by atoms with Crippen molar-refractivity contribution in [1.82, 2.24) is 19.4 Å². The fourth-order valence-corrected chi connectivity index (χ4v) is 1.95. The summed E-state index contributed by atoms with van der Waals surface area (Å²) >= 11 is 3.38. The van der Waals surface area contributed by atoms with Gasteiger partial charge in [-0.3, -0.25) is 9.20 Å². The Morgan fingerprint density at radius 1 is 1.40 bits per heavy atom. The lowest BCUT2D eigenvalue weighted by atomic mass is 10.5. The van der Waals surface area contributed by atoms with E-state index in [0.717, 1.165) is 4.47 Å². The molecule has 5 nitrogen and oxygen atoms in total. The van der Waals surface area contributed by atoms with E-state index in [1.807, 2.05) is 18.3 Å². The smallest absolute Gasteiger partial charge is 0.278 e. The van der Waals surface area contributed by atoms with Crippen LogP contribution in [0.5, 0.6) is 0 Å². The highest BCUT2D eigenvalue weighted by Crippen LogP contribution is 2.19. The van der Waals surface area contributed by atoms with Crippen LogP contribution in [0.2, 0.25) is 0 Å². The summed E-state index contributed by atoms with van der Waals surface area (Å²) in [4.78, 5) is 22.3. The fourth-order valence-electron chi connectivity index (χ4n) is 1.52. The first kappa shape index (κ1) is 8.60. The second-order valence-electron chi connectivity index (χ2n) is 3.07. The van der Waals surface area contributed by atoms with Crippen molar-refractivity contribution in [2.75, 3.05) is 0 Å². The van der Waals surface area contributed by atoms with Gasteiger partial charge in [0.25, 0.3) is 5.56 Å². The van der Waals surface area contributed by atoms with Gasteiger partial charge in [0.05, 0.1) is 10.8 Å². The minimum Gasteiger partial charge on any atom is -0.311 e. The first-order chi connectivity index (χ1) is 7.27. The van der Waals surface area contributed by atoms with E-state index < -0.39 is 0 Å². The summed E-state index contributed by atoms with van der Waals surface area (Å²) in [5, 5.41) is 0. The summed E-state index contributed by atoms with van der Waals surface area (Å²) in [5.74, 6) is 0. The molecule has 0 fully saturated rings. The first-order valence-corrected chi connectivity index (χ1v) is 5.06. The lowest BCUT2D eigenvalue weighted by Crippen LogP contribution is -2.06. The number of nitrogens with one attached hydrogen (secondary N) is 1. The summed E-state index contributed by atoms with van der Waals surface area (Å²) in [6, 6.07) is 3.73. The van der Waals surface area contributed by atoms with Crippen LogP contribution in [0.3, 0.4) is 0 Å². The van der Waals surface area contributed by atoms with E-state index >= 15 is 0 Å². The molecule has 0 radical (unpaired) electrons. The second-order valence-corrected chi connectivity index (χ2v) is 3.92. The highest BCUT2D eigenvalue weighted by atomic mass is 79.9. The van der Waals surface area contributed by atoms with E-state index in [0.29, 0.717) is 16.8 Å². The van der Waals surface area contributed by atoms with Crippen molar-refractivity contribution in [2.24, 2.45) is 0 Å². The Kier molecular flexibility index (Phi) is 1.66. The highest BCUT2D eigenvalue weighted by Gasteiger charge is 2.09. The molecule has 3 heterocycles.